The molecule has 1 aromatic rings. The van der Waals surface area contributed by atoms with Crippen LogP contribution >= 0.6 is 0 Å². The molecule has 0 saturated heterocycles. The molecule has 0 aliphatic carbocycles. The fraction of sp³-hybridized carbons (Fsp3) is 0.550. The Morgan fingerprint density at radius 3 is 2.64 bits per heavy atom. The van der Waals surface area contributed by atoms with Gasteiger partial charge in [-0.3, -0.25) is 0 Å². The van der Waals surface area contributed by atoms with Crippen LogP contribution in [0.15, 0.2) is 24.3 Å². The van der Waals surface area contributed by atoms with E-state index in [2.05, 4.69) is 20.8 Å². The molecule has 5 heteroatoms. The summed E-state index contributed by atoms with van der Waals surface area (Å²) in [6.07, 6.45) is 5.24. The summed E-state index contributed by atoms with van der Waals surface area (Å²) in [6, 6.07) is 5.55. The predicted molar refractivity (Wildman–Crippen MR) is 96.9 cm³/mol. The smallest absolute Gasteiger partial charge is 0.330 e. The Balaban J connectivity index is 1.62. The number of fused-ring (bicyclic) bond motifs is 1. The highest BCUT2D eigenvalue weighted by Crippen LogP contribution is 2.31. The van der Waals surface area contributed by atoms with E-state index < -0.39 is 0 Å². The molecule has 0 atom stereocenters. The van der Waals surface area contributed by atoms with Crippen LogP contribution in [0, 0.1) is 5.41 Å². The number of carbonyl (C=O) groups excluding carboxylic acids is 1. The van der Waals surface area contributed by atoms with E-state index in [1.165, 1.54) is 6.08 Å². The van der Waals surface area contributed by atoms with E-state index in [0.29, 0.717) is 37.6 Å². The maximum atomic E-state index is 11.7. The van der Waals surface area contributed by atoms with E-state index in [0.717, 1.165) is 24.2 Å². The molecule has 0 N–H and O–H groups in total. The minimum atomic E-state index is -0.381. The average Bonchev–Trinajstić information content (AvgIpc) is 2.58. The van der Waals surface area contributed by atoms with Gasteiger partial charge in [0.15, 0.2) is 11.5 Å². The number of benzene rings is 1. The normalized spacial score (nSPS) is 13.9. The van der Waals surface area contributed by atoms with Crippen LogP contribution in [-0.4, -0.2) is 39.0 Å². The van der Waals surface area contributed by atoms with Gasteiger partial charge in [0.1, 0.15) is 19.8 Å². The van der Waals surface area contributed by atoms with Gasteiger partial charge in [-0.1, -0.05) is 26.8 Å². The molecule has 1 aliphatic rings. The summed E-state index contributed by atoms with van der Waals surface area (Å²) in [5.41, 5.74) is 1.19. The topological polar surface area (TPSA) is 54.0 Å². The minimum absolute atomic E-state index is 0.264. The van der Waals surface area contributed by atoms with E-state index in [1.807, 2.05) is 18.2 Å². The first-order valence-corrected chi connectivity index (χ1v) is 8.76. The lowest BCUT2D eigenvalue weighted by atomic mass is 9.91. The maximum absolute atomic E-state index is 11.7. The zero-order valence-electron chi connectivity index (χ0n) is 15.4. The number of esters is 1. The van der Waals surface area contributed by atoms with Crippen molar-refractivity contribution < 1.29 is 23.7 Å². The molecule has 138 valence electrons. The average molecular weight is 348 g/mol. The van der Waals surface area contributed by atoms with Crippen molar-refractivity contribution in [3.8, 4) is 11.5 Å². The third-order valence-corrected chi connectivity index (χ3v) is 3.67. The Morgan fingerprint density at radius 2 is 1.88 bits per heavy atom. The van der Waals surface area contributed by atoms with Gasteiger partial charge in [0.25, 0.3) is 0 Å². The van der Waals surface area contributed by atoms with Crippen molar-refractivity contribution in [1.29, 1.82) is 0 Å². The van der Waals surface area contributed by atoms with E-state index >= 15 is 0 Å². The number of hydrogen-bond acceptors (Lipinski definition) is 5. The molecule has 0 spiro atoms. The summed E-state index contributed by atoms with van der Waals surface area (Å²) < 4.78 is 21.6. The zero-order chi connectivity index (χ0) is 18.1. The Bertz CT molecular complexity index is 586. The van der Waals surface area contributed by atoms with Crippen LogP contribution in [0.5, 0.6) is 11.5 Å². The van der Waals surface area contributed by atoms with Crippen LogP contribution in [0.4, 0.5) is 0 Å². The molecule has 1 aliphatic heterocycles. The van der Waals surface area contributed by atoms with E-state index in [4.69, 9.17) is 18.9 Å². The van der Waals surface area contributed by atoms with Crippen LogP contribution in [0.3, 0.4) is 0 Å². The van der Waals surface area contributed by atoms with Gasteiger partial charge >= 0.3 is 5.97 Å². The van der Waals surface area contributed by atoms with Crippen LogP contribution in [0.25, 0.3) is 6.08 Å². The maximum Gasteiger partial charge on any atom is 0.330 e. The largest absolute Gasteiger partial charge is 0.486 e. The molecule has 1 aromatic carbocycles. The lowest BCUT2D eigenvalue weighted by molar-refractivity contribution is -0.139. The Kier molecular flexibility index (Phi) is 7.31. The molecule has 0 radical (unpaired) electrons. The number of ether oxygens (including phenoxy) is 4. The Morgan fingerprint density at radius 1 is 1.12 bits per heavy atom. The summed E-state index contributed by atoms with van der Waals surface area (Å²) in [7, 11) is 0. The monoisotopic (exact) mass is 348 g/mol. The fourth-order valence-corrected chi connectivity index (χ4v) is 2.38. The first kappa shape index (κ1) is 19.3. The highest BCUT2D eigenvalue weighted by atomic mass is 16.6. The SMILES string of the molecule is CC(C)(C)CCCOCCOC(=O)/C=C/c1ccc2c(c1)OCCO2. The molecule has 25 heavy (non-hydrogen) atoms. The van der Waals surface area contributed by atoms with Crippen LogP contribution in [-0.2, 0) is 14.3 Å². The first-order chi connectivity index (χ1) is 11.9. The van der Waals surface area contributed by atoms with Crippen molar-refractivity contribution in [3.63, 3.8) is 0 Å². The lowest BCUT2D eigenvalue weighted by Crippen LogP contribution is -2.15. The van der Waals surface area contributed by atoms with Crippen molar-refractivity contribution in [2.24, 2.45) is 5.41 Å². The van der Waals surface area contributed by atoms with Gasteiger partial charge in [-0.25, -0.2) is 4.79 Å². The van der Waals surface area contributed by atoms with Crippen LogP contribution < -0.4 is 9.47 Å². The minimum Gasteiger partial charge on any atom is -0.486 e. The fourth-order valence-electron chi connectivity index (χ4n) is 2.38. The number of rotatable bonds is 8. The van der Waals surface area contributed by atoms with Crippen molar-refractivity contribution in [1.82, 2.24) is 0 Å². The first-order valence-electron chi connectivity index (χ1n) is 8.76. The molecule has 0 bridgehead atoms. The molecule has 0 unspecified atom stereocenters. The molecule has 5 nitrogen and oxygen atoms in total. The highest BCUT2D eigenvalue weighted by Gasteiger charge is 2.11. The van der Waals surface area contributed by atoms with E-state index in [9.17, 15) is 4.79 Å². The molecule has 0 saturated carbocycles. The second kappa shape index (κ2) is 9.47. The molecule has 0 aromatic heterocycles. The lowest BCUT2D eigenvalue weighted by Gasteiger charge is -2.18. The number of carbonyl (C=O) groups is 1. The Hall–Kier alpha value is -2.01. The molecule has 0 amide bonds. The van der Waals surface area contributed by atoms with Gasteiger partial charge in [0, 0.05) is 12.7 Å². The van der Waals surface area contributed by atoms with E-state index in [1.54, 1.807) is 6.08 Å². The quantitative estimate of drug-likeness (QED) is 0.406. The second-order valence-corrected chi connectivity index (χ2v) is 7.18. The molecular weight excluding hydrogens is 320 g/mol. The third kappa shape index (κ3) is 7.61. The van der Waals surface area contributed by atoms with Gasteiger partial charge in [0.2, 0.25) is 0 Å². The van der Waals surface area contributed by atoms with Crippen molar-refractivity contribution in [2.45, 2.75) is 33.6 Å². The summed E-state index contributed by atoms with van der Waals surface area (Å²) in [5, 5.41) is 0. The van der Waals surface area contributed by atoms with Crippen LogP contribution in [0.2, 0.25) is 0 Å². The van der Waals surface area contributed by atoms with Gasteiger partial charge in [-0.05, 0) is 42.0 Å². The van der Waals surface area contributed by atoms with Crippen LogP contribution in [0.1, 0.15) is 39.2 Å². The van der Waals surface area contributed by atoms with Gasteiger partial charge < -0.3 is 18.9 Å². The summed E-state index contributed by atoms with van der Waals surface area (Å²) in [4.78, 5) is 11.7. The second-order valence-electron chi connectivity index (χ2n) is 7.18. The van der Waals surface area contributed by atoms with Crippen molar-refractivity contribution in [3.05, 3.63) is 29.8 Å². The molecule has 0 fully saturated rings. The standard InChI is InChI=1S/C20H28O5/c1-20(2,3)9-4-10-22-11-12-25-19(21)8-6-16-5-7-17-18(15-16)24-14-13-23-17/h5-8,15H,4,9-14H2,1-3H3/b8-6+. The molecule has 1 heterocycles. The molecule has 2 rings (SSSR count). The summed E-state index contributed by atoms with van der Waals surface area (Å²) in [6.45, 7) is 9.12. The highest BCUT2D eigenvalue weighted by molar-refractivity contribution is 5.87. The number of hydrogen-bond donors (Lipinski definition) is 0. The van der Waals surface area contributed by atoms with E-state index in [-0.39, 0.29) is 12.6 Å². The van der Waals surface area contributed by atoms with Crippen molar-refractivity contribution in [2.75, 3.05) is 33.0 Å². The van der Waals surface area contributed by atoms with Gasteiger partial charge in [-0.15, -0.1) is 0 Å². The van der Waals surface area contributed by atoms with Gasteiger partial charge in [-0.2, -0.15) is 0 Å². The van der Waals surface area contributed by atoms with Crippen molar-refractivity contribution >= 4 is 12.0 Å². The summed E-state index contributed by atoms with van der Waals surface area (Å²) >= 11 is 0. The Labute approximate surface area is 149 Å². The third-order valence-electron chi connectivity index (χ3n) is 3.67. The van der Waals surface area contributed by atoms with Gasteiger partial charge in [0.05, 0.1) is 6.61 Å². The zero-order valence-corrected chi connectivity index (χ0v) is 15.4. The summed E-state index contributed by atoms with van der Waals surface area (Å²) in [5.74, 6) is 1.05. The predicted octanol–water partition coefficient (Wildman–Crippen LogP) is 3.86. The molecular formula is C20H28O5.